The van der Waals surface area contributed by atoms with Crippen LogP contribution in [-0.2, 0) is 16.1 Å². The summed E-state index contributed by atoms with van der Waals surface area (Å²) in [5.74, 6) is -0.831. The molecule has 2 aliphatic rings. The molecule has 160 valence electrons. The number of likely N-dealkylation sites (N-methyl/N-ethyl adjacent to an activating group) is 1. The molecule has 1 fully saturated rings. The summed E-state index contributed by atoms with van der Waals surface area (Å²) in [6, 6.07) is 1.65. The number of amides is 3. The third-order valence-corrected chi connectivity index (χ3v) is 5.97. The lowest BCUT2D eigenvalue weighted by molar-refractivity contribution is -0.133. The van der Waals surface area contributed by atoms with Gasteiger partial charge in [-0.1, -0.05) is 19.3 Å². The number of nitrogens with zero attached hydrogens (tertiary/aromatic N) is 3. The Morgan fingerprint density at radius 2 is 2.03 bits per heavy atom. The Morgan fingerprint density at radius 1 is 1.31 bits per heavy atom. The number of methoxy groups -OCH3 is 1. The van der Waals surface area contributed by atoms with Gasteiger partial charge < -0.3 is 20.3 Å². The van der Waals surface area contributed by atoms with Crippen LogP contribution in [-0.4, -0.2) is 71.3 Å². The molecule has 1 aliphatic heterocycles. The highest BCUT2D eigenvalue weighted by Gasteiger charge is 2.46. The van der Waals surface area contributed by atoms with Crippen molar-refractivity contribution >= 4 is 17.7 Å². The Kier molecular flexibility index (Phi) is 6.56. The fourth-order valence-electron chi connectivity index (χ4n) is 3.93. The van der Waals surface area contributed by atoms with Crippen molar-refractivity contribution in [3.8, 4) is 0 Å². The van der Waals surface area contributed by atoms with Gasteiger partial charge in [-0.15, -0.1) is 0 Å². The van der Waals surface area contributed by atoms with Crippen molar-refractivity contribution in [3.05, 3.63) is 17.5 Å². The van der Waals surface area contributed by atoms with E-state index in [1.807, 2.05) is 0 Å². The first-order valence-electron chi connectivity index (χ1n) is 10.3. The van der Waals surface area contributed by atoms with Gasteiger partial charge in [0.1, 0.15) is 11.2 Å². The van der Waals surface area contributed by atoms with Crippen molar-refractivity contribution in [2.45, 2.75) is 63.6 Å². The van der Waals surface area contributed by atoms with Crippen molar-refractivity contribution < 1.29 is 19.1 Å². The quantitative estimate of drug-likeness (QED) is 0.657. The summed E-state index contributed by atoms with van der Waals surface area (Å²) in [7, 11) is 3.23. The van der Waals surface area contributed by atoms with Crippen molar-refractivity contribution in [2.75, 3.05) is 27.3 Å². The predicted octanol–water partition coefficient (Wildman–Crippen LogP) is 0.943. The summed E-state index contributed by atoms with van der Waals surface area (Å²) >= 11 is 0. The van der Waals surface area contributed by atoms with Crippen molar-refractivity contribution in [1.82, 2.24) is 25.3 Å². The Morgan fingerprint density at radius 3 is 2.72 bits per heavy atom. The molecule has 29 heavy (non-hydrogen) atoms. The molecule has 0 unspecified atom stereocenters. The second-order valence-electron chi connectivity index (χ2n) is 8.12. The maximum Gasteiger partial charge on any atom is 0.272 e. The molecule has 2 heterocycles. The smallest absolute Gasteiger partial charge is 0.272 e. The highest BCUT2D eigenvalue weighted by Crippen LogP contribution is 2.27. The normalized spacial score (nSPS) is 22.3. The number of ether oxygens (including phenoxy) is 1. The van der Waals surface area contributed by atoms with Gasteiger partial charge in [-0.3, -0.25) is 19.1 Å². The lowest BCUT2D eigenvalue weighted by Crippen LogP contribution is -2.63. The number of aromatic nitrogens is 2. The van der Waals surface area contributed by atoms with Crippen LogP contribution in [0.3, 0.4) is 0 Å². The number of rotatable bonds is 7. The average molecular weight is 405 g/mol. The second-order valence-corrected chi connectivity index (χ2v) is 8.12. The highest BCUT2D eigenvalue weighted by atomic mass is 16.5. The van der Waals surface area contributed by atoms with Crippen LogP contribution in [0.1, 0.15) is 66.4 Å². The van der Waals surface area contributed by atoms with E-state index < -0.39 is 5.54 Å². The fourth-order valence-corrected chi connectivity index (χ4v) is 3.93. The molecule has 0 spiro atoms. The first kappa shape index (κ1) is 21.3. The minimum Gasteiger partial charge on any atom is -0.385 e. The van der Waals surface area contributed by atoms with E-state index in [9.17, 15) is 14.4 Å². The van der Waals surface area contributed by atoms with E-state index in [1.165, 1.54) is 22.1 Å². The summed E-state index contributed by atoms with van der Waals surface area (Å²) in [5, 5.41) is 10.2. The van der Waals surface area contributed by atoms with E-state index in [0.717, 1.165) is 25.7 Å². The van der Waals surface area contributed by atoms with Crippen molar-refractivity contribution in [1.29, 1.82) is 0 Å². The summed E-state index contributed by atoms with van der Waals surface area (Å²) < 4.78 is 6.44. The molecule has 1 aromatic rings. The number of hydrogen-bond acceptors (Lipinski definition) is 5. The van der Waals surface area contributed by atoms with E-state index in [1.54, 1.807) is 21.1 Å². The number of hydrogen-bond donors (Lipinski definition) is 2. The van der Waals surface area contributed by atoms with E-state index in [-0.39, 0.29) is 36.0 Å². The van der Waals surface area contributed by atoms with Gasteiger partial charge in [-0.2, -0.15) is 5.10 Å². The molecule has 1 atom stereocenters. The molecule has 9 heteroatoms. The second kappa shape index (κ2) is 8.94. The van der Waals surface area contributed by atoms with Crippen LogP contribution in [0.4, 0.5) is 0 Å². The van der Waals surface area contributed by atoms with Gasteiger partial charge >= 0.3 is 0 Å². The first-order valence-corrected chi connectivity index (χ1v) is 10.3. The Labute approximate surface area is 171 Å². The van der Waals surface area contributed by atoms with E-state index in [0.29, 0.717) is 25.3 Å². The Hall–Kier alpha value is -2.42. The van der Waals surface area contributed by atoms with Crippen LogP contribution >= 0.6 is 0 Å². The van der Waals surface area contributed by atoms with Gasteiger partial charge in [0.15, 0.2) is 5.69 Å². The van der Waals surface area contributed by atoms with Crippen molar-refractivity contribution in [2.24, 2.45) is 0 Å². The Bertz CT molecular complexity index is 771. The molecular weight excluding hydrogens is 374 g/mol. The summed E-state index contributed by atoms with van der Waals surface area (Å²) in [6.07, 6.45) is 6.07. The van der Waals surface area contributed by atoms with Crippen molar-refractivity contribution in [3.63, 3.8) is 0 Å². The molecular formula is C20H31N5O4. The number of fused-ring (bicyclic) bond motifs is 1. The van der Waals surface area contributed by atoms with Crippen LogP contribution in [0.2, 0.25) is 0 Å². The lowest BCUT2D eigenvalue weighted by atomic mass is 9.92. The first-order chi connectivity index (χ1) is 13.9. The predicted molar refractivity (Wildman–Crippen MR) is 107 cm³/mol. The molecule has 1 aliphatic carbocycles. The monoisotopic (exact) mass is 405 g/mol. The van der Waals surface area contributed by atoms with Gasteiger partial charge in [-0.25, -0.2) is 0 Å². The average Bonchev–Trinajstić information content (AvgIpc) is 3.14. The number of carbonyl (C=O) groups excluding carboxylic acids is 3. The highest BCUT2D eigenvalue weighted by molar-refractivity contribution is 6.01. The van der Waals surface area contributed by atoms with Gasteiger partial charge in [0, 0.05) is 39.4 Å². The standard InChI is InChI=1S/C20H31N5O4/c1-20(19(28)22-14-8-5-4-6-9-14)13-25-16(18(27)24(20)2)12-15(23-25)17(26)21-10-7-11-29-3/h12,14H,4-11,13H2,1-3H3,(H,21,26)(H,22,28)/t20-/m0/s1. The molecule has 9 nitrogen and oxygen atoms in total. The number of carbonyl (C=O) groups is 3. The molecule has 3 amide bonds. The lowest BCUT2D eigenvalue weighted by Gasteiger charge is -2.41. The maximum atomic E-state index is 13.1. The molecule has 1 aromatic heterocycles. The topological polar surface area (TPSA) is 106 Å². The molecule has 2 N–H and O–H groups in total. The third-order valence-electron chi connectivity index (χ3n) is 5.97. The molecule has 1 saturated carbocycles. The molecule has 0 aromatic carbocycles. The fraction of sp³-hybridized carbons (Fsp3) is 0.700. The van der Waals surface area contributed by atoms with Gasteiger partial charge in [-0.05, 0) is 26.2 Å². The van der Waals surface area contributed by atoms with E-state index in [4.69, 9.17) is 4.74 Å². The molecule has 0 saturated heterocycles. The van der Waals surface area contributed by atoms with Crippen LogP contribution in [0, 0.1) is 0 Å². The van der Waals surface area contributed by atoms with Gasteiger partial charge in [0.2, 0.25) is 5.91 Å². The van der Waals surface area contributed by atoms with Crippen LogP contribution < -0.4 is 10.6 Å². The minimum absolute atomic E-state index is 0.157. The summed E-state index contributed by atoms with van der Waals surface area (Å²) in [5.41, 5.74) is -0.562. The van der Waals surface area contributed by atoms with Gasteiger partial charge in [0.25, 0.3) is 11.8 Å². The molecule has 3 rings (SSSR count). The largest absolute Gasteiger partial charge is 0.385 e. The van der Waals surface area contributed by atoms with Crippen LogP contribution in [0.15, 0.2) is 6.07 Å². The summed E-state index contributed by atoms with van der Waals surface area (Å²) in [6.45, 7) is 2.97. The van der Waals surface area contributed by atoms with E-state index in [2.05, 4.69) is 15.7 Å². The third kappa shape index (κ3) is 4.44. The minimum atomic E-state index is -1.06. The van der Waals surface area contributed by atoms with Crippen LogP contribution in [0.5, 0.6) is 0 Å². The summed E-state index contributed by atoms with van der Waals surface area (Å²) in [4.78, 5) is 39.8. The molecule has 0 bridgehead atoms. The van der Waals surface area contributed by atoms with Crippen LogP contribution in [0.25, 0.3) is 0 Å². The zero-order valence-corrected chi connectivity index (χ0v) is 17.5. The zero-order valence-electron chi connectivity index (χ0n) is 17.5. The Balaban J connectivity index is 1.72. The van der Waals surface area contributed by atoms with Gasteiger partial charge in [0.05, 0.1) is 6.54 Å². The maximum absolute atomic E-state index is 13.1. The molecule has 0 radical (unpaired) electrons. The van der Waals surface area contributed by atoms with E-state index >= 15 is 0 Å². The SMILES string of the molecule is COCCCNC(=O)c1cc2n(n1)C[C@@](C)(C(=O)NC1CCCCC1)N(C)C2=O. The zero-order chi connectivity index (χ0) is 21.0. The number of nitrogens with one attached hydrogen (secondary N) is 2.